The minimum atomic E-state index is -0.421. The van der Waals surface area contributed by atoms with E-state index in [4.69, 9.17) is 9.47 Å². The van der Waals surface area contributed by atoms with Gasteiger partial charge in [0.05, 0.1) is 28.9 Å². The van der Waals surface area contributed by atoms with Crippen molar-refractivity contribution < 1.29 is 14.3 Å². The van der Waals surface area contributed by atoms with Crippen LogP contribution in [0.1, 0.15) is 34.1 Å². The molecule has 0 bridgehead atoms. The van der Waals surface area contributed by atoms with E-state index < -0.39 is 5.97 Å². The lowest BCUT2D eigenvalue weighted by Crippen LogP contribution is -2.14. The van der Waals surface area contributed by atoms with Crippen molar-refractivity contribution in [2.24, 2.45) is 0 Å². The summed E-state index contributed by atoms with van der Waals surface area (Å²) >= 11 is 0. The van der Waals surface area contributed by atoms with Gasteiger partial charge >= 0.3 is 5.97 Å². The zero-order valence-electron chi connectivity index (χ0n) is 14.7. The van der Waals surface area contributed by atoms with Crippen LogP contribution in [-0.4, -0.2) is 17.6 Å². The molecule has 0 spiro atoms. The Morgan fingerprint density at radius 3 is 2.65 bits per heavy atom. The number of aryl methyl sites for hydroxylation is 1. The lowest BCUT2D eigenvalue weighted by Gasteiger charge is -2.15. The van der Waals surface area contributed by atoms with Crippen LogP contribution in [0.25, 0.3) is 10.9 Å². The van der Waals surface area contributed by atoms with Crippen LogP contribution in [0.4, 0.5) is 0 Å². The van der Waals surface area contributed by atoms with Crippen molar-refractivity contribution in [3.05, 3.63) is 70.9 Å². The first kappa shape index (κ1) is 17.4. The van der Waals surface area contributed by atoms with E-state index in [0.29, 0.717) is 22.6 Å². The van der Waals surface area contributed by atoms with Gasteiger partial charge in [0.25, 0.3) is 0 Å². The summed E-state index contributed by atoms with van der Waals surface area (Å²) in [7, 11) is 0. The first-order valence-corrected chi connectivity index (χ1v) is 8.33. The van der Waals surface area contributed by atoms with E-state index in [2.05, 4.69) is 11.1 Å². The number of ether oxygens (including phenoxy) is 2. The summed E-state index contributed by atoms with van der Waals surface area (Å²) in [4.78, 5) is 17.1. The Hall–Kier alpha value is -3.39. The topological polar surface area (TPSA) is 72.2 Å². The van der Waals surface area contributed by atoms with Gasteiger partial charge in [-0.1, -0.05) is 30.3 Å². The third kappa shape index (κ3) is 3.35. The smallest absolute Gasteiger partial charge is 0.340 e. The summed E-state index contributed by atoms with van der Waals surface area (Å²) in [5.41, 5.74) is 2.93. The lowest BCUT2D eigenvalue weighted by molar-refractivity contribution is 0.0522. The molecule has 0 fully saturated rings. The number of benzene rings is 2. The molecule has 5 heteroatoms. The van der Waals surface area contributed by atoms with Crippen molar-refractivity contribution >= 4 is 16.9 Å². The number of fused-ring (bicyclic) bond motifs is 1. The first-order valence-electron chi connectivity index (χ1n) is 8.33. The van der Waals surface area contributed by atoms with Crippen LogP contribution in [0.15, 0.2) is 48.5 Å². The molecule has 0 aliphatic rings. The fourth-order valence-corrected chi connectivity index (χ4v) is 2.85. The number of hydrogen-bond donors (Lipinski definition) is 0. The first-order chi connectivity index (χ1) is 12.7. The number of hydrogen-bond acceptors (Lipinski definition) is 5. The Labute approximate surface area is 151 Å². The number of carbonyl (C=O) groups excluding carboxylic acids is 1. The molecule has 26 heavy (non-hydrogen) atoms. The van der Waals surface area contributed by atoms with E-state index >= 15 is 0 Å². The molecule has 3 rings (SSSR count). The van der Waals surface area contributed by atoms with Gasteiger partial charge in [-0.15, -0.1) is 0 Å². The number of carbonyl (C=O) groups is 1. The summed E-state index contributed by atoms with van der Waals surface area (Å²) in [6.45, 7) is 3.99. The molecule has 3 aromatic rings. The van der Waals surface area contributed by atoms with E-state index in [1.807, 2.05) is 31.2 Å². The maximum atomic E-state index is 12.5. The van der Waals surface area contributed by atoms with Crippen LogP contribution in [0.3, 0.4) is 0 Å². The van der Waals surface area contributed by atoms with Gasteiger partial charge in [-0.05, 0) is 37.6 Å². The van der Waals surface area contributed by atoms with E-state index in [1.165, 1.54) is 0 Å². The van der Waals surface area contributed by atoms with Crippen molar-refractivity contribution in [1.82, 2.24) is 4.98 Å². The molecule has 0 atom stereocenters. The van der Waals surface area contributed by atoms with Crippen molar-refractivity contribution in [1.29, 1.82) is 5.26 Å². The second-order valence-electron chi connectivity index (χ2n) is 5.69. The summed E-state index contributed by atoms with van der Waals surface area (Å²) < 4.78 is 11.0. The standard InChI is InChI=1S/C21H18N2O3/c1-3-25-21(24)20-14(2)16-9-5-6-10-17(16)23-18(20)13-26-19-11-7-4-8-15(19)12-22/h4-11H,3,13H2,1-2H3. The van der Waals surface area contributed by atoms with E-state index in [-0.39, 0.29) is 13.2 Å². The summed E-state index contributed by atoms with van der Waals surface area (Å²) in [5, 5.41) is 10.1. The Morgan fingerprint density at radius 1 is 1.15 bits per heavy atom. The molecule has 5 nitrogen and oxygen atoms in total. The highest BCUT2D eigenvalue weighted by Crippen LogP contribution is 2.25. The second-order valence-corrected chi connectivity index (χ2v) is 5.69. The summed E-state index contributed by atoms with van der Waals surface area (Å²) in [5.74, 6) is 0.0350. The Bertz CT molecular complexity index is 1010. The molecule has 0 saturated heterocycles. The lowest BCUT2D eigenvalue weighted by atomic mass is 10.0. The van der Waals surface area contributed by atoms with E-state index in [9.17, 15) is 10.1 Å². The molecule has 0 aliphatic heterocycles. The summed E-state index contributed by atoms with van der Waals surface area (Å²) in [6, 6.07) is 16.7. The maximum absolute atomic E-state index is 12.5. The van der Waals surface area contributed by atoms with Crippen molar-refractivity contribution in [2.75, 3.05) is 6.61 Å². The maximum Gasteiger partial charge on any atom is 0.340 e. The second kappa shape index (κ2) is 7.66. The molecule has 2 aromatic carbocycles. The third-order valence-electron chi connectivity index (χ3n) is 4.08. The highest BCUT2D eigenvalue weighted by atomic mass is 16.5. The van der Waals surface area contributed by atoms with Gasteiger partial charge in [0.1, 0.15) is 18.4 Å². The number of para-hydroxylation sites is 2. The monoisotopic (exact) mass is 346 g/mol. The fraction of sp³-hybridized carbons (Fsp3) is 0.190. The number of aromatic nitrogens is 1. The molecule has 0 N–H and O–H groups in total. The number of rotatable bonds is 5. The molecule has 0 aliphatic carbocycles. The van der Waals surface area contributed by atoms with E-state index in [0.717, 1.165) is 16.5 Å². The zero-order valence-corrected chi connectivity index (χ0v) is 14.7. The molecule has 1 heterocycles. The van der Waals surface area contributed by atoms with Crippen LogP contribution in [0, 0.1) is 18.3 Å². The van der Waals surface area contributed by atoms with Gasteiger partial charge < -0.3 is 9.47 Å². The van der Waals surface area contributed by atoms with Gasteiger partial charge in [-0.25, -0.2) is 9.78 Å². The molecule has 0 amide bonds. The van der Waals surface area contributed by atoms with Crippen LogP contribution in [0.2, 0.25) is 0 Å². The van der Waals surface area contributed by atoms with Crippen LogP contribution in [0.5, 0.6) is 5.75 Å². The van der Waals surface area contributed by atoms with E-state index in [1.54, 1.807) is 31.2 Å². The van der Waals surface area contributed by atoms with Crippen molar-refractivity contribution in [3.63, 3.8) is 0 Å². The Kier molecular flexibility index (Phi) is 5.14. The molecule has 0 saturated carbocycles. The van der Waals surface area contributed by atoms with Gasteiger partial charge in [-0.2, -0.15) is 5.26 Å². The average molecular weight is 346 g/mol. The van der Waals surface area contributed by atoms with Gasteiger partial charge in [-0.3, -0.25) is 0 Å². The van der Waals surface area contributed by atoms with Gasteiger partial charge in [0.15, 0.2) is 0 Å². The molecule has 0 radical (unpaired) electrons. The number of nitriles is 1. The van der Waals surface area contributed by atoms with Crippen LogP contribution >= 0.6 is 0 Å². The van der Waals surface area contributed by atoms with Gasteiger partial charge in [0.2, 0.25) is 0 Å². The minimum absolute atomic E-state index is 0.0680. The highest BCUT2D eigenvalue weighted by molar-refractivity contribution is 5.98. The average Bonchev–Trinajstić information content (AvgIpc) is 2.66. The number of pyridine rings is 1. The van der Waals surface area contributed by atoms with Crippen molar-refractivity contribution in [2.45, 2.75) is 20.5 Å². The highest BCUT2D eigenvalue weighted by Gasteiger charge is 2.20. The third-order valence-corrected chi connectivity index (χ3v) is 4.08. The summed E-state index contributed by atoms with van der Waals surface area (Å²) in [6.07, 6.45) is 0. The molecular formula is C21H18N2O3. The molecule has 1 aromatic heterocycles. The minimum Gasteiger partial charge on any atom is -0.486 e. The normalized spacial score (nSPS) is 10.3. The SMILES string of the molecule is CCOC(=O)c1c(COc2ccccc2C#N)nc2ccccc2c1C. The van der Waals surface area contributed by atoms with Gasteiger partial charge in [0, 0.05) is 5.39 Å². The van der Waals surface area contributed by atoms with Crippen LogP contribution in [-0.2, 0) is 11.3 Å². The molecular weight excluding hydrogens is 328 g/mol. The quantitative estimate of drug-likeness (QED) is 0.648. The fourth-order valence-electron chi connectivity index (χ4n) is 2.85. The number of esters is 1. The number of nitrogens with zero attached hydrogens (tertiary/aromatic N) is 2. The largest absolute Gasteiger partial charge is 0.486 e. The molecule has 130 valence electrons. The Morgan fingerprint density at radius 2 is 1.88 bits per heavy atom. The van der Waals surface area contributed by atoms with Crippen LogP contribution < -0.4 is 4.74 Å². The van der Waals surface area contributed by atoms with Crippen molar-refractivity contribution in [3.8, 4) is 11.8 Å². The predicted molar refractivity (Wildman–Crippen MR) is 97.9 cm³/mol. The predicted octanol–water partition coefficient (Wildman–Crippen LogP) is 4.17. The molecule has 0 unspecified atom stereocenters. The zero-order chi connectivity index (χ0) is 18.5. The Balaban J connectivity index is 2.04.